The Morgan fingerprint density at radius 3 is 1.97 bits per heavy atom. The Morgan fingerprint density at radius 2 is 1.33 bits per heavy atom. The van der Waals surface area contributed by atoms with E-state index in [-0.39, 0.29) is 0 Å². The van der Waals surface area contributed by atoms with E-state index >= 15 is 0 Å². The Morgan fingerprint density at radius 1 is 0.767 bits per heavy atom. The monoisotopic (exact) mass is 398 g/mol. The van der Waals surface area contributed by atoms with Gasteiger partial charge in [0.25, 0.3) is 0 Å². The molecule has 3 heteroatoms. The molecule has 0 atom stereocenters. The lowest BCUT2D eigenvalue weighted by molar-refractivity contribution is -0.0266. The molecule has 0 aliphatic carbocycles. The van der Waals surface area contributed by atoms with Crippen molar-refractivity contribution >= 4 is 21.8 Å². The van der Waals surface area contributed by atoms with Crippen LogP contribution < -0.4 is 0 Å². The molecule has 2 heterocycles. The molecule has 0 bridgehead atoms. The average molecular weight is 399 g/mol. The summed E-state index contributed by atoms with van der Waals surface area (Å²) in [6, 6.07) is 25.7. The quantitative estimate of drug-likeness (QED) is 0.482. The topological polar surface area (TPSA) is 28.4 Å². The fraction of sp³-hybridized carbons (Fsp3) is 0.333. The van der Waals surface area contributed by atoms with Gasteiger partial charge in [0, 0.05) is 41.4 Å². The second-order valence-corrected chi connectivity index (χ2v) is 8.73. The summed E-state index contributed by atoms with van der Waals surface area (Å²) in [6.45, 7) is 6.11. The van der Waals surface area contributed by atoms with Crippen LogP contribution in [0.4, 0.5) is 0 Å². The van der Waals surface area contributed by atoms with Crippen molar-refractivity contribution in [3.05, 3.63) is 83.9 Å². The first kappa shape index (κ1) is 19.3. The molecule has 1 fully saturated rings. The van der Waals surface area contributed by atoms with Crippen LogP contribution in [0.3, 0.4) is 0 Å². The lowest BCUT2D eigenvalue weighted by Crippen LogP contribution is -2.43. The summed E-state index contributed by atoms with van der Waals surface area (Å²) >= 11 is 0. The van der Waals surface area contributed by atoms with Crippen molar-refractivity contribution < 1.29 is 5.11 Å². The van der Waals surface area contributed by atoms with E-state index in [0.717, 1.165) is 51.0 Å². The van der Waals surface area contributed by atoms with Gasteiger partial charge in [-0.2, -0.15) is 0 Å². The van der Waals surface area contributed by atoms with Gasteiger partial charge in [-0.25, -0.2) is 0 Å². The number of benzene rings is 3. The lowest BCUT2D eigenvalue weighted by atomic mass is 9.82. The molecule has 3 nitrogen and oxygen atoms in total. The molecule has 154 valence electrons. The maximum atomic E-state index is 11.2. The summed E-state index contributed by atoms with van der Waals surface area (Å²) in [5.41, 5.74) is 4.28. The summed E-state index contributed by atoms with van der Waals surface area (Å²) in [5, 5.41) is 13.9. The Hall–Kier alpha value is -2.62. The largest absolute Gasteiger partial charge is 0.385 e. The number of aromatic nitrogens is 1. The zero-order chi connectivity index (χ0) is 20.6. The molecule has 1 N–H and O–H groups in total. The van der Waals surface area contributed by atoms with E-state index in [0.29, 0.717) is 0 Å². The minimum Gasteiger partial charge on any atom is -0.385 e. The van der Waals surface area contributed by atoms with Gasteiger partial charge in [-0.1, -0.05) is 60.7 Å². The highest BCUT2D eigenvalue weighted by atomic mass is 16.3. The van der Waals surface area contributed by atoms with Crippen LogP contribution in [0.5, 0.6) is 0 Å². The Kier molecular flexibility index (Phi) is 5.10. The van der Waals surface area contributed by atoms with E-state index in [1.165, 1.54) is 27.4 Å². The van der Waals surface area contributed by atoms with Crippen LogP contribution in [0, 0.1) is 6.92 Å². The van der Waals surface area contributed by atoms with Crippen LogP contribution in [0.25, 0.3) is 21.8 Å². The van der Waals surface area contributed by atoms with Crippen LogP contribution in [0.1, 0.15) is 30.4 Å². The first-order valence-corrected chi connectivity index (χ1v) is 11.1. The van der Waals surface area contributed by atoms with E-state index in [1.807, 2.05) is 12.1 Å². The van der Waals surface area contributed by atoms with Crippen molar-refractivity contribution in [2.24, 2.45) is 0 Å². The van der Waals surface area contributed by atoms with Crippen molar-refractivity contribution in [2.75, 3.05) is 19.6 Å². The van der Waals surface area contributed by atoms with Crippen LogP contribution >= 0.6 is 0 Å². The number of para-hydroxylation sites is 2. The lowest BCUT2D eigenvalue weighted by Gasteiger charge is -2.39. The van der Waals surface area contributed by atoms with Crippen LogP contribution in [0.15, 0.2) is 72.8 Å². The van der Waals surface area contributed by atoms with Gasteiger partial charge >= 0.3 is 0 Å². The normalized spacial score (nSPS) is 17.0. The molecule has 3 aromatic carbocycles. The highest BCUT2D eigenvalue weighted by Crippen LogP contribution is 2.35. The van der Waals surface area contributed by atoms with Crippen LogP contribution in [-0.4, -0.2) is 34.2 Å². The molecule has 1 aliphatic rings. The maximum absolute atomic E-state index is 11.2. The third-order valence-electron chi connectivity index (χ3n) is 6.87. The number of nitrogens with zero attached hydrogens (tertiary/aromatic N) is 2. The number of aliphatic hydroxyl groups is 1. The number of hydrogen-bond acceptors (Lipinski definition) is 2. The van der Waals surface area contributed by atoms with Gasteiger partial charge in [0.2, 0.25) is 0 Å². The predicted octanol–water partition coefficient (Wildman–Crippen LogP) is 5.48. The van der Waals surface area contributed by atoms with Crippen molar-refractivity contribution in [3.63, 3.8) is 0 Å². The summed E-state index contributed by atoms with van der Waals surface area (Å²) in [5.74, 6) is 0. The molecule has 0 radical (unpaired) electrons. The van der Waals surface area contributed by atoms with Crippen molar-refractivity contribution in [1.29, 1.82) is 0 Å². The first-order valence-electron chi connectivity index (χ1n) is 11.1. The summed E-state index contributed by atoms with van der Waals surface area (Å²) in [4.78, 5) is 2.51. The van der Waals surface area contributed by atoms with Gasteiger partial charge in [-0.3, -0.25) is 0 Å². The molecule has 0 amide bonds. The standard InChI is InChI=1S/C27H30N2O/c1-21-9-2-5-12-24(21)27(30)15-19-28(20-16-27)17-8-18-29-25-13-6-3-10-22(25)23-11-4-7-14-26(23)29/h2-7,9-14,30H,8,15-20H2,1H3. The molecular weight excluding hydrogens is 368 g/mol. The van der Waals surface area contributed by atoms with Gasteiger partial charge in [0.15, 0.2) is 0 Å². The third-order valence-corrected chi connectivity index (χ3v) is 6.87. The second-order valence-electron chi connectivity index (χ2n) is 8.73. The first-order chi connectivity index (χ1) is 14.7. The Bertz CT molecular complexity index is 1110. The third kappa shape index (κ3) is 3.42. The van der Waals surface area contributed by atoms with Crippen LogP contribution in [0.2, 0.25) is 0 Å². The summed E-state index contributed by atoms with van der Waals surface area (Å²) < 4.78 is 2.47. The van der Waals surface area contributed by atoms with Gasteiger partial charge in [0.1, 0.15) is 0 Å². The van der Waals surface area contributed by atoms with E-state index in [2.05, 4.69) is 77.1 Å². The van der Waals surface area contributed by atoms with Crippen molar-refractivity contribution in [1.82, 2.24) is 9.47 Å². The molecule has 0 spiro atoms. The molecule has 4 aromatic rings. The Balaban J connectivity index is 1.25. The highest BCUT2D eigenvalue weighted by Gasteiger charge is 2.34. The zero-order valence-electron chi connectivity index (χ0n) is 17.7. The molecular formula is C27H30N2O. The minimum atomic E-state index is -0.672. The Labute approximate surface area is 178 Å². The van der Waals surface area contributed by atoms with Gasteiger partial charge in [-0.15, -0.1) is 0 Å². The molecule has 1 saturated heterocycles. The summed E-state index contributed by atoms with van der Waals surface area (Å²) in [7, 11) is 0. The fourth-order valence-electron chi connectivity index (χ4n) is 5.21. The van der Waals surface area contributed by atoms with Crippen molar-refractivity contribution in [3.8, 4) is 0 Å². The maximum Gasteiger partial charge on any atom is 0.0923 e. The van der Waals surface area contributed by atoms with Crippen LogP contribution in [-0.2, 0) is 12.1 Å². The molecule has 1 aliphatic heterocycles. The zero-order valence-corrected chi connectivity index (χ0v) is 17.7. The predicted molar refractivity (Wildman–Crippen MR) is 125 cm³/mol. The van der Waals surface area contributed by atoms with E-state index in [1.54, 1.807) is 0 Å². The van der Waals surface area contributed by atoms with Gasteiger partial charge in [0.05, 0.1) is 5.60 Å². The van der Waals surface area contributed by atoms with Gasteiger partial charge < -0.3 is 14.6 Å². The SMILES string of the molecule is Cc1ccccc1C1(O)CCN(CCCn2c3ccccc3c3ccccc32)CC1. The second kappa shape index (κ2) is 7.90. The van der Waals surface area contributed by atoms with Crippen molar-refractivity contribution in [2.45, 2.75) is 38.3 Å². The molecule has 5 rings (SSSR count). The smallest absolute Gasteiger partial charge is 0.0923 e. The minimum absolute atomic E-state index is 0.672. The van der Waals surface area contributed by atoms with Gasteiger partial charge in [-0.05, 0) is 56.0 Å². The summed E-state index contributed by atoms with van der Waals surface area (Å²) in [6.07, 6.45) is 2.74. The number of aryl methyl sites for hydroxylation is 2. The number of fused-ring (bicyclic) bond motifs is 3. The molecule has 0 unspecified atom stereocenters. The molecule has 1 aromatic heterocycles. The molecule has 0 saturated carbocycles. The molecule has 30 heavy (non-hydrogen) atoms. The number of piperidine rings is 1. The van der Waals surface area contributed by atoms with E-state index in [4.69, 9.17) is 0 Å². The number of likely N-dealkylation sites (tertiary alicyclic amines) is 1. The fourth-order valence-corrected chi connectivity index (χ4v) is 5.21. The van der Waals surface area contributed by atoms with E-state index in [9.17, 15) is 5.11 Å². The number of rotatable bonds is 5. The van der Waals surface area contributed by atoms with E-state index < -0.39 is 5.60 Å². The highest BCUT2D eigenvalue weighted by molar-refractivity contribution is 6.07. The number of hydrogen-bond donors (Lipinski definition) is 1. The average Bonchev–Trinajstić information content (AvgIpc) is 3.10.